The van der Waals surface area contributed by atoms with Crippen LogP contribution in [0.2, 0.25) is 0 Å². The van der Waals surface area contributed by atoms with Gasteiger partial charge < -0.3 is 10.1 Å². The highest BCUT2D eigenvalue weighted by Gasteiger charge is 2.10. The fraction of sp³-hybridized carbons (Fsp3) is 0.357. The average molecular weight is 260 g/mol. The first kappa shape index (κ1) is 11.7. The lowest BCUT2D eigenvalue weighted by molar-refractivity contribution is 0.122. The highest BCUT2D eigenvalue weighted by molar-refractivity contribution is 7.18. The maximum atomic E-state index is 5.51. The number of ether oxygens (including phenoxy) is 1. The van der Waals surface area contributed by atoms with Crippen molar-refractivity contribution in [2.24, 2.45) is 0 Å². The number of aromatic nitrogens is 1. The minimum Gasteiger partial charge on any atom is -0.497 e. The summed E-state index contributed by atoms with van der Waals surface area (Å²) in [6.07, 6.45) is 6.42. The van der Waals surface area contributed by atoms with Crippen molar-refractivity contribution in [3.8, 4) is 0 Å². The number of nitrogens with one attached hydrogen (secondary N) is 1. The van der Waals surface area contributed by atoms with E-state index in [0.717, 1.165) is 36.5 Å². The number of hydrogen-bond acceptors (Lipinski definition) is 4. The van der Waals surface area contributed by atoms with E-state index in [0.29, 0.717) is 6.10 Å². The van der Waals surface area contributed by atoms with Crippen molar-refractivity contribution in [3.05, 3.63) is 41.6 Å². The molecule has 2 heterocycles. The summed E-state index contributed by atoms with van der Waals surface area (Å²) in [5.41, 5.74) is 1.09. The zero-order chi connectivity index (χ0) is 12.2. The molecule has 1 aliphatic heterocycles. The van der Waals surface area contributed by atoms with Gasteiger partial charge in [0.05, 0.1) is 16.5 Å². The summed E-state index contributed by atoms with van der Waals surface area (Å²) in [7, 11) is 0. The smallest absolute Gasteiger partial charge is 0.110 e. The lowest BCUT2D eigenvalue weighted by atomic mass is 10.1. The minimum absolute atomic E-state index is 0.310. The molecule has 2 aromatic rings. The molecule has 1 aromatic carbocycles. The number of allylic oxidation sites excluding steroid dienone is 1. The average Bonchev–Trinajstić information content (AvgIpc) is 2.82. The SMILES string of the molecule is C1=COC(CNCc2nc3ccccc3s2)CC1. The molecule has 1 aliphatic rings. The molecule has 0 radical (unpaired) electrons. The van der Waals surface area contributed by atoms with Gasteiger partial charge in [-0.05, 0) is 31.1 Å². The van der Waals surface area contributed by atoms with Gasteiger partial charge in [-0.25, -0.2) is 4.98 Å². The molecule has 0 bridgehead atoms. The summed E-state index contributed by atoms with van der Waals surface area (Å²) in [6, 6.07) is 8.26. The molecule has 94 valence electrons. The van der Waals surface area contributed by atoms with Crippen molar-refractivity contribution in [3.63, 3.8) is 0 Å². The van der Waals surface area contributed by atoms with Crippen LogP contribution in [0.3, 0.4) is 0 Å². The Kier molecular flexibility index (Phi) is 3.57. The van der Waals surface area contributed by atoms with Crippen LogP contribution < -0.4 is 5.32 Å². The highest BCUT2D eigenvalue weighted by atomic mass is 32.1. The molecule has 0 spiro atoms. The van der Waals surface area contributed by atoms with Gasteiger partial charge in [0.25, 0.3) is 0 Å². The van der Waals surface area contributed by atoms with E-state index in [1.165, 1.54) is 4.70 Å². The Morgan fingerprint density at radius 2 is 2.33 bits per heavy atom. The van der Waals surface area contributed by atoms with Gasteiger partial charge in [-0.1, -0.05) is 12.1 Å². The van der Waals surface area contributed by atoms with E-state index in [2.05, 4.69) is 34.6 Å². The summed E-state index contributed by atoms with van der Waals surface area (Å²) >= 11 is 1.76. The lowest BCUT2D eigenvalue weighted by Crippen LogP contribution is -2.28. The third kappa shape index (κ3) is 2.71. The number of benzene rings is 1. The molecular weight excluding hydrogens is 244 g/mol. The van der Waals surface area contributed by atoms with Gasteiger partial charge in [0.1, 0.15) is 11.1 Å². The number of rotatable bonds is 4. The molecule has 1 atom stereocenters. The molecule has 18 heavy (non-hydrogen) atoms. The van der Waals surface area contributed by atoms with Gasteiger partial charge in [-0.3, -0.25) is 0 Å². The van der Waals surface area contributed by atoms with Gasteiger partial charge >= 0.3 is 0 Å². The van der Waals surface area contributed by atoms with E-state index >= 15 is 0 Å². The zero-order valence-corrected chi connectivity index (χ0v) is 11.0. The molecule has 0 amide bonds. The monoisotopic (exact) mass is 260 g/mol. The Hall–Kier alpha value is -1.39. The Morgan fingerprint density at radius 1 is 1.39 bits per heavy atom. The van der Waals surface area contributed by atoms with E-state index in [1.807, 2.05) is 12.3 Å². The first-order valence-electron chi connectivity index (χ1n) is 6.27. The second kappa shape index (κ2) is 5.50. The number of fused-ring (bicyclic) bond motifs is 1. The topological polar surface area (TPSA) is 34.1 Å². The first-order valence-corrected chi connectivity index (χ1v) is 7.09. The largest absolute Gasteiger partial charge is 0.497 e. The van der Waals surface area contributed by atoms with Gasteiger partial charge in [-0.2, -0.15) is 0 Å². The predicted octanol–water partition coefficient (Wildman–Crippen LogP) is 3.08. The molecule has 3 nitrogen and oxygen atoms in total. The Labute approximate surface area is 110 Å². The number of thiazole rings is 1. The van der Waals surface area contributed by atoms with Crippen LogP contribution in [0.5, 0.6) is 0 Å². The number of para-hydroxylation sites is 1. The second-order valence-corrected chi connectivity index (χ2v) is 5.53. The Bertz CT molecular complexity index is 516. The van der Waals surface area contributed by atoms with E-state index in [4.69, 9.17) is 4.74 Å². The van der Waals surface area contributed by atoms with Crippen LogP contribution in [-0.2, 0) is 11.3 Å². The van der Waals surface area contributed by atoms with Crippen LogP contribution in [-0.4, -0.2) is 17.6 Å². The molecule has 1 aromatic heterocycles. The third-order valence-electron chi connectivity index (χ3n) is 3.01. The summed E-state index contributed by atoms with van der Waals surface area (Å²) in [6.45, 7) is 1.71. The summed E-state index contributed by atoms with van der Waals surface area (Å²) in [5.74, 6) is 0. The quantitative estimate of drug-likeness (QED) is 0.917. The van der Waals surface area contributed by atoms with Crippen molar-refractivity contribution in [1.82, 2.24) is 10.3 Å². The standard InChI is InChI=1S/C14H16N2OS/c1-2-7-13-12(6-1)16-14(18-13)10-15-9-11-5-3-4-8-17-11/h1-2,4,6-8,11,15H,3,5,9-10H2. The van der Waals surface area contributed by atoms with Crippen molar-refractivity contribution in [2.45, 2.75) is 25.5 Å². The van der Waals surface area contributed by atoms with Crippen molar-refractivity contribution >= 4 is 21.6 Å². The van der Waals surface area contributed by atoms with Crippen LogP contribution >= 0.6 is 11.3 Å². The maximum absolute atomic E-state index is 5.51. The predicted molar refractivity (Wildman–Crippen MR) is 74.6 cm³/mol. The lowest BCUT2D eigenvalue weighted by Gasteiger charge is -2.19. The first-order chi connectivity index (χ1) is 8.92. The highest BCUT2D eigenvalue weighted by Crippen LogP contribution is 2.21. The van der Waals surface area contributed by atoms with Gasteiger partial charge in [-0.15, -0.1) is 11.3 Å². The molecule has 0 fully saturated rings. The summed E-state index contributed by atoms with van der Waals surface area (Å²) < 4.78 is 6.77. The molecule has 1 N–H and O–H groups in total. The van der Waals surface area contributed by atoms with Crippen LogP contribution in [0.1, 0.15) is 17.8 Å². The van der Waals surface area contributed by atoms with Crippen LogP contribution in [0.4, 0.5) is 0 Å². The second-order valence-electron chi connectivity index (χ2n) is 4.41. The van der Waals surface area contributed by atoms with Gasteiger partial charge in [0, 0.05) is 13.1 Å². The maximum Gasteiger partial charge on any atom is 0.110 e. The van der Waals surface area contributed by atoms with E-state index in [1.54, 1.807) is 11.3 Å². The van der Waals surface area contributed by atoms with E-state index < -0.39 is 0 Å². The molecule has 3 rings (SSSR count). The van der Waals surface area contributed by atoms with Crippen molar-refractivity contribution in [2.75, 3.05) is 6.54 Å². The van der Waals surface area contributed by atoms with Crippen molar-refractivity contribution in [1.29, 1.82) is 0 Å². The van der Waals surface area contributed by atoms with E-state index in [9.17, 15) is 0 Å². The van der Waals surface area contributed by atoms with Gasteiger partial charge in [0.15, 0.2) is 0 Å². The molecule has 0 saturated heterocycles. The zero-order valence-electron chi connectivity index (χ0n) is 10.1. The Morgan fingerprint density at radius 3 is 3.17 bits per heavy atom. The summed E-state index contributed by atoms with van der Waals surface area (Å²) in [5, 5.41) is 4.56. The number of hydrogen-bond donors (Lipinski definition) is 1. The van der Waals surface area contributed by atoms with E-state index in [-0.39, 0.29) is 0 Å². The summed E-state index contributed by atoms with van der Waals surface area (Å²) in [4.78, 5) is 4.60. The van der Waals surface area contributed by atoms with Crippen molar-refractivity contribution < 1.29 is 4.74 Å². The molecule has 4 heteroatoms. The van der Waals surface area contributed by atoms with Crippen LogP contribution in [0, 0.1) is 0 Å². The fourth-order valence-corrected chi connectivity index (χ4v) is 3.01. The Balaban J connectivity index is 1.54. The third-order valence-corrected chi connectivity index (χ3v) is 4.05. The molecule has 1 unspecified atom stereocenters. The fourth-order valence-electron chi connectivity index (χ4n) is 2.07. The van der Waals surface area contributed by atoms with Crippen LogP contribution in [0.25, 0.3) is 10.2 Å². The molecule has 0 saturated carbocycles. The minimum atomic E-state index is 0.310. The normalized spacial score (nSPS) is 19.0. The van der Waals surface area contributed by atoms with Gasteiger partial charge in [0.2, 0.25) is 0 Å². The number of nitrogens with zero attached hydrogens (tertiary/aromatic N) is 1. The molecular formula is C14H16N2OS. The van der Waals surface area contributed by atoms with Crippen LogP contribution in [0.15, 0.2) is 36.6 Å². The molecule has 0 aliphatic carbocycles.